The van der Waals surface area contributed by atoms with E-state index in [-0.39, 0.29) is 5.91 Å². The minimum absolute atomic E-state index is 0.342. The number of amides is 1. The molecule has 35 heavy (non-hydrogen) atoms. The summed E-state index contributed by atoms with van der Waals surface area (Å²) < 4.78 is 16.1. The number of carbonyl (C=O) groups is 1. The molecular weight excluding hydrogens is 442 g/mol. The Morgan fingerprint density at radius 1 is 0.914 bits per heavy atom. The number of para-hydroxylation sites is 1. The predicted octanol–water partition coefficient (Wildman–Crippen LogP) is 5.25. The molecule has 0 spiro atoms. The standard InChI is InChI=1S/C28H27N3O4/c1-5-18-10-12-19(13-11-18)24-15-22(21-8-6-7-9-23(21)30-24)28(32)31-29-17-20-14-26(34-3)27(35-4)16-25(20)33-2/h6-17H,5H2,1-4H3,(H,31,32). The Morgan fingerprint density at radius 2 is 1.60 bits per heavy atom. The normalized spacial score (nSPS) is 11.0. The third-order valence-electron chi connectivity index (χ3n) is 5.72. The third kappa shape index (κ3) is 5.09. The summed E-state index contributed by atoms with van der Waals surface area (Å²) in [5.74, 6) is 1.26. The lowest BCUT2D eigenvalue weighted by molar-refractivity contribution is 0.0956. The Labute approximate surface area is 204 Å². The van der Waals surface area contributed by atoms with E-state index in [4.69, 9.17) is 19.2 Å². The van der Waals surface area contributed by atoms with Crippen LogP contribution in [0.3, 0.4) is 0 Å². The van der Waals surface area contributed by atoms with Crippen molar-refractivity contribution in [1.29, 1.82) is 0 Å². The molecule has 0 radical (unpaired) electrons. The largest absolute Gasteiger partial charge is 0.496 e. The van der Waals surface area contributed by atoms with Crippen LogP contribution >= 0.6 is 0 Å². The number of aromatic nitrogens is 1. The molecule has 0 atom stereocenters. The van der Waals surface area contributed by atoms with Gasteiger partial charge >= 0.3 is 0 Å². The van der Waals surface area contributed by atoms with E-state index in [2.05, 4.69) is 29.6 Å². The van der Waals surface area contributed by atoms with E-state index < -0.39 is 0 Å². The maximum absolute atomic E-state index is 13.2. The second-order valence-electron chi connectivity index (χ2n) is 7.77. The highest BCUT2D eigenvalue weighted by Crippen LogP contribution is 2.33. The monoisotopic (exact) mass is 469 g/mol. The lowest BCUT2D eigenvalue weighted by atomic mass is 10.0. The number of nitrogens with zero attached hydrogens (tertiary/aromatic N) is 2. The number of hydrazone groups is 1. The van der Waals surface area contributed by atoms with Crippen LogP contribution in [0.2, 0.25) is 0 Å². The van der Waals surface area contributed by atoms with E-state index in [0.717, 1.165) is 28.6 Å². The number of nitrogens with one attached hydrogen (secondary N) is 1. The zero-order valence-corrected chi connectivity index (χ0v) is 20.2. The fourth-order valence-electron chi connectivity index (χ4n) is 3.80. The van der Waals surface area contributed by atoms with E-state index in [1.807, 2.05) is 36.4 Å². The van der Waals surface area contributed by atoms with E-state index in [1.54, 1.807) is 39.5 Å². The molecule has 0 saturated heterocycles. The van der Waals surface area contributed by atoms with Gasteiger partial charge in [-0.2, -0.15) is 5.10 Å². The van der Waals surface area contributed by atoms with Gasteiger partial charge in [0.1, 0.15) is 5.75 Å². The SMILES string of the molecule is CCc1ccc(-c2cc(C(=O)NN=Cc3cc(OC)c(OC)cc3OC)c3ccccc3n2)cc1. The van der Waals surface area contributed by atoms with Crippen molar-refractivity contribution >= 4 is 23.0 Å². The van der Waals surface area contributed by atoms with Gasteiger partial charge in [-0.15, -0.1) is 0 Å². The van der Waals surface area contributed by atoms with Gasteiger partial charge in [0, 0.05) is 22.6 Å². The first-order valence-corrected chi connectivity index (χ1v) is 11.2. The third-order valence-corrected chi connectivity index (χ3v) is 5.72. The van der Waals surface area contributed by atoms with Crippen molar-refractivity contribution in [2.75, 3.05) is 21.3 Å². The lowest BCUT2D eigenvalue weighted by Crippen LogP contribution is -2.18. The summed E-state index contributed by atoms with van der Waals surface area (Å²) in [6, 6.07) is 21.0. The van der Waals surface area contributed by atoms with Crippen molar-refractivity contribution < 1.29 is 19.0 Å². The van der Waals surface area contributed by atoms with Gasteiger partial charge in [-0.05, 0) is 30.2 Å². The van der Waals surface area contributed by atoms with Crippen molar-refractivity contribution in [1.82, 2.24) is 10.4 Å². The molecular formula is C28H27N3O4. The Hall–Kier alpha value is -4.39. The Morgan fingerprint density at radius 3 is 2.29 bits per heavy atom. The van der Waals surface area contributed by atoms with Gasteiger partial charge in [0.25, 0.3) is 5.91 Å². The summed E-state index contributed by atoms with van der Waals surface area (Å²) in [7, 11) is 4.65. The van der Waals surface area contributed by atoms with Crippen molar-refractivity contribution in [3.05, 3.63) is 83.4 Å². The molecule has 3 aromatic carbocycles. The molecule has 0 fully saturated rings. The number of hydrogen-bond donors (Lipinski definition) is 1. The number of aryl methyl sites for hydroxylation is 1. The molecule has 1 heterocycles. The summed E-state index contributed by atoms with van der Waals surface area (Å²) in [5.41, 5.74) is 7.39. The molecule has 7 heteroatoms. The maximum Gasteiger partial charge on any atom is 0.272 e. The number of ether oxygens (including phenoxy) is 3. The number of methoxy groups -OCH3 is 3. The molecule has 1 N–H and O–H groups in total. The molecule has 178 valence electrons. The van der Waals surface area contributed by atoms with E-state index in [9.17, 15) is 4.79 Å². The molecule has 0 aliphatic rings. The number of rotatable bonds is 8. The molecule has 0 bridgehead atoms. The van der Waals surface area contributed by atoms with Crippen LogP contribution < -0.4 is 19.6 Å². The first-order chi connectivity index (χ1) is 17.1. The number of benzene rings is 3. The van der Waals surface area contributed by atoms with Gasteiger partial charge in [-0.25, -0.2) is 10.4 Å². The lowest BCUT2D eigenvalue weighted by Gasteiger charge is -2.12. The molecule has 4 aromatic rings. The Kier molecular flexibility index (Phi) is 7.26. The van der Waals surface area contributed by atoms with Gasteiger partial charge < -0.3 is 14.2 Å². The van der Waals surface area contributed by atoms with Gasteiger partial charge in [0.2, 0.25) is 0 Å². The predicted molar refractivity (Wildman–Crippen MR) is 138 cm³/mol. The average Bonchev–Trinajstić information content (AvgIpc) is 2.91. The highest BCUT2D eigenvalue weighted by molar-refractivity contribution is 6.07. The summed E-state index contributed by atoms with van der Waals surface area (Å²) in [5, 5.41) is 4.92. The summed E-state index contributed by atoms with van der Waals surface area (Å²) in [4.78, 5) is 18.0. The zero-order chi connectivity index (χ0) is 24.8. The van der Waals surface area contributed by atoms with E-state index >= 15 is 0 Å². The molecule has 4 rings (SSSR count). The van der Waals surface area contributed by atoms with Crippen LogP contribution in [0.4, 0.5) is 0 Å². The fraction of sp³-hybridized carbons (Fsp3) is 0.179. The molecule has 0 aliphatic carbocycles. The first-order valence-electron chi connectivity index (χ1n) is 11.2. The maximum atomic E-state index is 13.2. The highest BCUT2D eigenvalue weighted by Gasteiger charge is 2.14. The Balaban J connectivity index is 1.65. The van der Waals surface area contributed by atoms with Crippen LogP contribution in [0.5, 0.6) is 17.2 Å². The molecule has 0 saturated carbocycles. The molecule has 0 aliphatic heterocycles. The summed E-state index contributed by atoms with van der Waals surface area (Å²) in [6.45, 7) is 2.11. The van der Waals surface area contributed by atoms with Crippen molar-refractivity contribution in [2.45, 2.75) is 13.3 Å². The van der Waals surface area contributed by atoms with Gasteiger partial charge in [-0.3, -0.25) is 4.79 Å². The molecule has 1 aromatic heterocycles. The topological polar surface area (TPSA) is 82.0 Å². The van der Waals surface area contributed by atoms with Crippen LogP contribution in [-0.2, 0) is 6.42 Å². The van der Waals surface area contributed by atoms with Crippen molar-refractivity contribution in [3.63, 3.8) is 0 Å². The quantitative estimate of drug-likeness (QED) is 0.281. The van der Waals surface area contributed by atoms with Crippen LogP contribution in [0.25, 0.3) is 22.2 Å². The minimum Gasteiger partial charge on any atom is -0.496 e. The van der Waals surface area contributed by atoms with Crippen LogP contribution in [-0.4, -0.2) is 38.4 Å². The molecule has 1 amide bonds. The van der Waals surface area contributed by atoms with Crippen molar-refractivity contribution in [3.8, 4) is 28.5 Å². The van der Waals surface area contributed by atoms with Crippen molar-refractivity contribution in [2.24, 2.45) is 5.10 Å². The number of hydrogen-bond acceptors (Lipinski definition) is 6. The fourth-order valence-corrected chi connectivity index (χ4v) is 3.80. The average molecular weight is 470 g/mol. The number of carbonyl (C=O) groups excluding carboxylic acids is 1. The first kappa shape index (κ1) is 23.8. The van der Waals surface area contributed by atoms with Gasteiger partial charge in [0.05, 0.1) is 44.3 Å². The second kappa shape index (κ2) is 10.7. The van der Waals surface area contributed by atoms with Crippen LogP contribution in [0.1, 0.15) is 28.4 Å². The number of pyridine rings is 1. The van der Waals surface area contributed by atoms with E-state index in [1.165, 1.54) is 11.8 Å². The molecule has 0 unspecified atom stereocenters. The summed E-state index contributed by atoms with van der Waals surface area (Å²) in [6.07, 6.45) is 2.47. The number of fused-ring (bicyclic) bond motifs is 1. The smallest absolute Gasteiger partial charge is 0.272 e. The Bertz CT molecular complexity index is 1380. The zero-order valence-electron chi connectivity index (χ0n) is 20.2. The summed E-state index contributed by atoms with van der Waals surface area (Å²) >= 11 is 0. The molecule has 7 nitrogen and oxygen atoms in total. The van der Waals surface area contributed by atoms with Gasteiger partial charge in [0.15, 0.2) is 11.5 Å². The van der Waals surface area contributed by atoms with Crippen LogP contribution in [0, 0.1) is 0 Å². The second-order valence-corrected chi connectivity index (χ2v) is 7.77. The van der Waals surface area contributed by atoms with E-state index in [0.29, 0.717) is 28.4 Å². The minimum atomic E-state index is -0.342. The van der Waals surface area contributed by atoms with Gasteiger partial charge in [-0.1, -0.05) is 49.4 Å². The van der Waals surface area contributed by atoms with Crippen LogP contribution in [0.15, 0.2) is 71.8 Å². The highest BCUT2D eigenvalue weighted by atomic mass is 16.5.